The van der Waals surface area contributed by atoms with Gasteiger partial charge in [0, 0.05) is 31.6 Å². The van der Waals surface area contributed by atoms with Crippen molar-refractivity contribution in [3.05, 3.63) is 59.5 Å². The molecule has 1 aromatic heterocycles. The standard InChI is InChI=1S/C21H27N3O3/c25-21(23-18-7-4-8-20-17(18)9-12-27-20)22-15-19(16-5-2-1-3-6-16)24-10-13-26-14-11-24/h1-3,5-6,9,12,18-19H,4,7-8,10-11,13-15H2,(H2,22,23,25). The number of carbonyl (C=O) groups is 1. The molecule has 1 aliphatic heterocycles. The van der Waals surface area contributed by atoms with Crippen molar-refractivity contribution >= 4 is 6.03 Å². The second-order valence-corrected chi connectivity index (χ2v) is 7.17. The molecule has 1 aliphatic carbocycles. The Morgan fingerprint density at radius 1 is 1.19 bits per heavy atom. The molecule has 1 fully saturated rings. The van der Waals surface area contributed by atoms with Gasteiger partial charge < -0.3 is 19.8 Å². The van der Waals surface area contributed by atoms with E-state index in [-0.39, 0.29) is 18.1 Å². The molecule has 27 heavy (non-hydrogen) atoms. The summed E-state index contributed by atoms with van der Waals surface area (Å²) in [7, 11) is 0. The van der Waals surface area contributed by atoms with Crippen LogP contribution in [0.25, 0.3) is 0 Å². The van der Waals surface area contributed by atoms with Crippen molar-refractivity contribution in [3.63, 3.8) is 0 Å². The van der Waals surface area contributed by atoms with Crippen molar-refractivity contribution in [2.45, 2.75) is 31.3 Å². The van der Waals surface area contributed by atoms with Crippen LogP contribution in [0.5, 0.6) is 0 Å². The molecule has 2 aromatic rings. The van der Waals surface area contributed by atoms with Gasteiger partial charge in [-0.3, -0.25) is 4.90 Å². The van der Waals surface area contributed by atoms with E-state index >= 15 is 0 Å². The lowest BCUT2D eigenvalue weighted by atomic mass is 9.93. The van der Waals surface area contributed by atoms with Crippen molar-refractivity contribution in [2.75, 3.05) is 32.8 Å². The largest absolute Gasteiger partial charge is 0.469 e. The summed E-state index contributed by atoms with van der Waals surface area (Å²) < 4.78 is 11.0. The maximum Gasteiger partial charge on any atom is 0.315 e. The Morgan fingerprint density at radius 3 is 2.81 bits per heavy atom. The third-order valence-corrected chi connectivity index (χ3v) is 5.48. The number of nitrogens with one attached hydrogen (secondary N) is 2. The van der Waals surface area contributed by atoms with Crippen molar-refractivity contribution in [2.24, 2.45) is 0 Å². The molecular weight excluding hydrogens is 342 g/mol. The van der Waals surface area contributed by atoms with E-state index in [0.717, 1.165) is 56.9 Å². The van der Waals surface area contributed by atoms with Gasteiger partial charge in [0.2, 0.25) is 0 Å². The Hall–Kier alpha value is -2.31. The van der Waals surface area contributed by atoms with Crippen molar-refractivity contribution in [1.29, 1.82) is 0 Å². The van der Waals surface area contributed by atoms with Gasteiger partial charge in [0.15, 0.2) is 0 Å². The number of morpholine rings is 1. The number of ether oxygens (including phenoxy) is 1. The van der Waals surface area contributed by atoms with Crippen LogP contribution < -0.4 is 10.6 Å². The minimum atomic E-state index is -0.122. The Bertz CT molecular complexity index is 740. The van der Waals surface area contributed by atoms with Gasteiger partial charge in [0.25, 0.3) is 0 Å². The van der Waals surface area contributed by atoms with Crippen LogP contribution >= 0.6 is 0 Å². The van der Waals surface area contributed by atoms with Crippen molar-refractivity contribution in [1.82, 2.24) is 15.5 Å². The number of hydrogen-bond acceptors (Lipinski definition) is 4. The molecule has 2 aliphatic rings. The van der Waals surface area contributed by atoms with Gasteiger partial charge in [0.1, 0.15) is 5.76 Å². The molecule has 4 rings (SSSR count). The number of fused-ring (bicyclic) bond motifs is 1. The van der Waals surface area contributed by atoms with E-state index in [4.69, 9.17) is 9.15 Å². The average Bonchev–Trinajstić information content (AvgIpc) is 3.20. The van der Waals surface area contributed by atoms with E-state index in [1.165, 1.54) is 5.56 Å². The zero-order chi connectivity index (χ0) is 18.5. The second-order valence-electron chi connectivity index (χ2n) is 7.17. The number of amides is 2. The van der Waals surface area contributed by atoms with Gasteiger partial charge in [-0.05, 0) is 24.5 Å². The van der Waals surface area contributed by atoms with Crippen LogP contribution in [0.15, 0.2) is 47.1 Å². The molecule has 1 saturated heterocycles. The Kier molecular flexibility index (Phi) is 5.75. The second kappa shape index (κ2) is 8.59. The van der Waals surface area contributed by atoms with Crippen molar-refractivity contribution in [3.8, 4) is 0 Å². The maximum atomic E-state index is 12.6. The lowest BCUT2D eigenvalue weighted by molar-refractivity contribution is 0.0167. The normalized spacial score (nSPS) is 21.3. The third-order valence-electron chi connectivity index (χ3n) is 5.48. The number of benzene rings is 1. The van der Waals surface area contributed by atoms with Crippen LogP contribution in [-0.4, -0.2) is 43.8 Å². The number of aryl methyl sites for hydroxylation is 1. The predicted molar refractivity (Wildman–Crippen MR) is 102 cm³/mol. The van der Waals surface area contributed by atoms with Gasteiger partial charge in [-0.25, -0.2) is 4.79 Å². The molecule has 1 aromatic carbocycles. The van der Waals surface area contributed by atoms with Crippen LogP contribution in [-0.2, 0) is 11.2 Å². The quantitative estimate of drug-likeness (QED) is 0.850. The highest BCUT2D eigenvalue weighted by atomic mass is 16.5. The van der Waals surface area contributed by atoms with E-state index in [1.54, 1.807) is 6.26 Å². The summed E-state index contributed by atoms with van der Waals surface area (Å²) in [6.07, 6.45) is 4.65. The van der Waals surface area contributed by atoms with Gasteiger partial charge >= 0.3 is 6.03 Å². The topological polar surface area (TPSA) is 66.7 Å². The maximum absolute atomic E-state index is 12.6. The highest BCUT2D eigenvalue weighted by Gasteiger charge is 2.26. The minimum Gasteiger partial charge on any atom is -0.469 e. The lowest BCUT2D eigenvalue weighted by Gasteiger charge is -2.35. The molecule has 0 spiro atoms. The third kappa shape index (κ3) is 4.34. The van der Waals surface area contributed by atoms with E-state index < -0.39 is 0 Å². The molecule has 2 heterocycles. The fraction of sp³-hybridized carbons (Fsp3) is 0.476. The lowest BCUT2D eigenvalue weighted by Crippen LogP contribution is -2.46. The molecule has 2 N–H and O–H groups in total. The van der Waals surface area contributed by atoms with E-state index in [0.29, 0.717) is 6.54 Å². The van der Waals surface area contributed by atoms with Crippen LogP contribution in [0, 0.1) is 0 Å². The summed E-state index contributed by atoms with van der Waals surface area (Å²) in [6.45, 7) is 3.80. The van der Waals surface area contributed by atoms with Gasteiger partial charge in [-0.15, -0.1) is 0 Å². The number of furan rings is 1. The molecule has 2 amide bonds. The van der Waals surface area contributed by atoms with Crippen LogP contribution in [0.4, 0.5) is 4.79 Å². The van der Waals surface area contributed by atoms with Crippen molar-refractivity contribution < 1.29 is 13.9 Å². The fourth-order valence-electron chi connectivity index (χ4n) is 4.06. The first kappa shape index (κ1) is 18.1. The number of nitrogens with zero attached hydrogens (tertiary/aromatic N) is 1. The number of carbonyl (C=O) groups excluding carboxylic acids is 1. The first-order chi connectivity index (χ1) is 13.3. The first-order valence-electron chi connectivity index (χ1n) is 9.78. The summed E-state index contributed by atoms with van der Waals surface area (Å²) in [5.74, 6) is 1.00. The van der Waals surface area contributed by atoms with Gasteiger partial charge in [0.05, 0.1) is 31.6 Å². The Balaban J connectivity index is 1.38. The summed E-state index contributed by atoms with van der Waals surface area (Å²) in [4.78, 5) is 14.9. The van der Waals surface area contributed by atoms with Crippen LogP contribution in [0.2, 0.25) is 0 Å². The monoisotopic (exact) mass is 369 g/mol. The molecule has 0 saturated carbocycles. The molecule has 0 bridgehead atoms. The van der Waals surface area contributed by atoms with Gasteiger partial charge in [-0.2, -0.15) is 0 Å². The highest BCUT2D eigenvalue weighted by molar-refractivity contribution is 5.74. The molecule has 0 radical (unpaired) electrons. The number of hydrogen-bond donors (Lipinski definition) is 2. The SMILES string of the molecule is O=C(NCC(c1ccccc1)N1CCOCC1)NC1CCCc2occc21. The molecule has 6 heteroatoms. The zero-order valence-electron chi connectivity index (χ0n) is 15.5. The summed E-state index contributed by atoms with van der Waals surface area (Å²) >= 11 is 0. The molecule has 2 atom stereocenters. The van der Waals surface area contributed by atoms with E-state index in [9.17, 15) is 4.79 Å². The summed E-state index contributed by atoms with van der Waals surface area (Å²) in [5.41, 5.74) is 2.33. The zero-order valence-corrected chi connectivity index (χ0v) is 15.5. The number of rotatable bonds is 5. The molecule has 2 unspecified atom stereocenters. The van der Waals surface area contributed by atoms with Crippen LogP contribution in [0.3, 0.4) is 0 Å². The molecule has 144 valence electrons. The Morgan fingerprint density at radius 2 is 2.00 bits per heavy atom. The average molecular weight is 369 g/mol. The minimum absolute atomic E-state index is 0.0334. The van der Waals surface area contributed by atoms with Gasteiger partial charge in [-0.1, -0.05) is 30.3 Å². The van der Waals surface area contributed by atoms with Crippen LogP contribution in [0.1, 0.15) is 41.8 Å². The molecule has 6 nitrogen and oxygen atoms in total. The van der Waals surface area contributed by atoms with E-state index in [1.807, 2.05) is 24.3 Å². The van der Waals surface area contributed by atoms with E-state index in [2.05, 4.69) is 27.7 Å². The Labute approximate surface area is 159 Å². The first-order valence-corrected chi connectivity index (χ1v) is 9.78. The highest BCUT2D eigenvalue weighted by Crippen LogP contribution is 2.30. The molecular formula is C21H27N3O3. The summed E-state index contributed by atoms with van der Waals surface area (Å²) in [5, 5.41) is 6.20. The number of urea groups is 1. The summed E-state index contributed by atoms with van der Waals surface area (Å²) in [6, 6.07) is 12.4. The predicted octanol–water partition coefficient (Wildman–Crippen LogP) is 3.03. The smallest absolute Gasteiger partial charge is 0.315 e. The fourth-order valence-corrected chi connectivity index (χ4v) is 4.06.